The predicted molar refractivity (Wildman–Crippen MR) is 98.6 cm³/mol. The standard InChI is InChI=1S/C16H22ClN5O.ClH/c1-11(2)15-19-14(16(23)21(4)10-9-18-3)20-22(15)13-8-6-5-7-12(13)17;/h5-8,11,18H,9-10H2,1-4H3;1H. The van der Waals surface area contributed by atoms with Crippen molar-refractivity contribution in [1.82, 2.24) is 25.0 Å². The molecule has 0 unspecified atom stereocenters. The molecule has 24 heavy (non-hydrogen) atoms. The first kappa shape index (κ1) is 20.4. The number of halogens is 2. The Balaban J connectivity index is 0.00000288. The first-order valence-corrected chi connectivity index (χ1v) is 7.95. The van der Waals surface area contributed by atoms with Gasteiger partial charge in [0.05, 0.1) is 10.7 Å². The van der Waals surface area contributed by atoms with Gasteiger partial charge in [-0.25, -0.2) is 9.67 Å². The summed E-state index contributed by atoms with van der Waals surface area (Å²) in [6.07, 6.45) is 0. The third-order valence-electron chi connectivity index (χ3n) is 3.46. The van der Waals surface area contributed by atoms with Gasteiger partial charge in [0.2, 0.25) is 5.82 Å². The van der Waals surface area contributed by atoms with Gasteiger partial charge in [-0.2, -0.15) is 0 Å². The Morgan fingerprint density at radius 2 is 2.04 bits per heavy atom. The van der Waals surface area contributed by atoms with Gasteiger partial charge < -0.3 is 10.2 Å². The van der Waals surface area contributed by atoms with Crippen molar-refractivity contribution in [3.8, 4) is 5.69 Å². The number of carbonyl (C=O) groups excluding carboxylic acids is 1. The third kappa shape index (κ3) is 4.47. The van der Waals surface area contributed by atoms with Crippen molar-refractivity contribution in [2.75, 3.05) is 27.2 Å². The Hall–Kier alpha value is -1.63. The summed E-state index contributed by atoms with van der Waals surface area (Å²) in [5, 5.41) is 7.99. The highest BCUT2D eigenvalue weighted by Gasteiger charge is 2.22. The Labute approximate surface area is 153 Å². The van der Waals surface area contributed by atoms with Crippen LogP contribution in [0.3, 0.4) is 0 Å². The summed E-state index contributed by atoms with van der Waals surface area (Å²) in [6.45, 7) is 5.32. The van der Waals surface area contributed by atoms with Gasteiger partial charge in [0.15, 0.2) is 0 Å². The molecule has 1 N–H and O–H groups in total. The molecule has 1 aromatic carbocycles. The number of rotatable bonds is 6. The molecular weight excluding hydrogens is 349 g/mol. The molecule has 8 heteroatoms. The van der Waals surface area contributed by atoms with Gasteiger partial charge in [0.1, 0.15) is 5.82 Å². The van der Waals surface area contributed by atoms with Crippen molar-refractivity contribution in [2.24, 2.45) is 0 Å². The topological polar surface area (TPSA) is 63.1 Å². The van der Waals surface area contributed by atoms with Crippen molar-refractivity contribution in [1.29, 1.82) is 0 Å². The van der Waals surface area contributed by atoms with Gasteiger partial charge in [-0.3, -0.25) is 4.79 Å². The summed E-state index contributed by atoms with van der Waals surface area (Å²) in [5.74, 6) is 0.812. The molecular formula is C16H23Cl2N5O. The molecule has 2 aromatic rings. The zero-order chi connectivity index (χ0) is 17.0. The van der Waals surface area contributed by atoms with Crippen molar-refractivity contribution in [2.45, 2.75) is 19.8 Å². The monoisotopic (exact) mass is 371 g/mol. The molecule has 2 rings (SSSR count). The molecule has 1 aromatic heterocycles. The van der Waals surface area contributed by atoms with E-state index in [1.165, 1.54) is 0 Å². The summed E-state index contributed by atoms with van der Waals surface area (Å²) in [5.41, 5.74) is 0.724. The highest BCUT2D eigenvalue weighted by molar-refractivity contribution is 6.32. The van der Waals surface area contributed by atoms with Crippen molar-refractivity contribution < 1.29 is 4.79 Å². The fourth-order valence-electron chi connectivity index (χ4n) is 2.14. The van der Waals surface area contributed by atoms with Crippen LogP contribution in [0.15, 0.2) is 24.3 Å². The molecule has 1 amide bonds. The van der Waals surface area contributed by atoms with Crippen LogP contribution in [-0.4, -0.2) is 52.8 Å². The first-order valence-electron chi connectivity index (χ1n) is 7.57. The number of nitrogens with one attached hydrogen (secondary N) is 1. The fraction of sp³-hybridized carbons (Fsp3) is 0.438. The molecule has 0 atom stereocenters. The van der Waals surface area contributed by atoms with Crippen LogP contribution in [0.4, 0.5) is 0 Å². The van der Waals surface area contributed by atoms with E-state index < -0.39 is 0 Å². The van der Waals surface area contributed by atoms with E-state index in [-0.39, 0.29) is 30.1 Å². The second kappa shape index (κ2) is 9.01. The maximum absolute atomic E-state index is 12.5. The van der Waals surface area contributed by atoms with Gasteiger partial charge in [-0.15, -0.1) is 17.5 Å². The number of aromatic nitrogens is 3. The smallest absolute Gasteiger partial charge is 0.293 e. The van der Waals surface area contributed by atoms with Crippen LogP contribution in [0.25, 0.3) is 5.69 Å². The number of carbonyl (C=O) groups is 1. The number of para-hydroxylation sites is 1. The second-order valence-electron chi connectivity index (χ2n) is 5.64. The lowest BCUT2D eigenvalue weighted by molar-refractivity contribution is 0.0785. The quantitative estimate of drug-likeness (QED) is 0.847. The molecule has 132 valence electrons. The zero-order valence-electron chi connectivity index (χ0n) is 14.3. The van der Waals surface area contributed by atoms with E-state index in [1.54, 1.807) is 22.7 Å². The van der Waals surface area contributed by atoms with Crippen LogP contribution in [-0.2, 0) is 0 Å². The minimum absolute atomic E-state index is 0. The SMILES string of the molecule is CNCCN(C)C(=O)c1nc(C(C)C)n(-c2ccccc2Cl)n1.Cl. The highest BCUT2D eigenvalue weighted by Crippen LogP contribution is 2.23. The molecule has 0 spiro atoms. The number of amides is 1. The number of hydrogen-bond donors (Lipinski definition) is 1. The van der Waals surface area contributed by atoms with E-state index in [2.05, 4.69) is 15.4 Å². The van der Waals surface area contributed by atoms with E-state index in [0.717, 1.165) is 5.69 Å². The number of nitrogens with zero attached hydrogens (tertiary/aromatic N) is 4. The van der Waals surface area contributed by atoms with Crippen LogP contribution in [0.5, 0.6) is 0 Å². The lowest BCUT2D eigenvalue weighted by Crippen LogP contribution is -2.33. The van der Waals surface area contributed by atoms with Gasteiger partial charge in [0.25, 0.3) is 5.91 Å². The van der Waals surface area contributed by atoms with E-state index in [9.17, 15) is 4.79 Å². The second-order valence-corrected chi connectivity index (χ2v) is 6.05. The van der Waals surface area contributed by atoms with Gasteiger partial charge in [0, 0.05) is 26.1 Å². The van der Waals surface area contributed by atoms with Gasteiger partial charge >= 0.3 is 0 Å². The van der Waals surface area contributed by atoms with Crippen LogP contribution < -0.4 is 5.32 Å². The summed E-state index contributed by atoms with van der Waals surface area (Å²) in [7, 11) is 3.59. The van der Waals surface area contributed by atoms with Crippen molar-refractivity contribution >= 4 is 29.9 Å². The predicted octanol–water partition coefficient (Wildman–Crippen LogP) is 2.76. The fourth-order valence-corrected chi connectivity index (χ4v) is 2.36. The summed E-state index contributed by atoms with van der Waals surface area (Å²) < 4.78 is 1.66. The Morgan fingerprint density at radius 1 is 1.38 bits per heavy atom. The molecule has 0 saturated carbocycles. The third-order valence-corrected chi connectivity index (χ3v) is 3.78. The average Bonchev–Trinajstić information content (AvgIpc) is 2.97. The van der Waals surface area contributed by atoms with Crippen molar-refractivity contribution in [3.63, 3.8) is 0 Å². The molecule has 0 bridgehead atoms. The van der Waals surface area contributed by atoms with Crippen molar-refractivity contribution in [3.05, 3.63) is 40.9 Å². The molecule has 6 nitrogen and oxygen atoms in total. The zero-order valence-corrected chi connectivity index (χ0v) is 15.9. The number of likely N-dealkylation sites (N-methyl/N-ethyl adjacent to an activating group) is 2. The minimum atomic E-state index is -0.201. The summed E-state index contributed by atoms with van der Waals surface area (Å²) in [4.78, 5) is 18.5. The highest BCUT2D eigenvalue weighted by atomic mass is 35.5. The molecule has 0 radical (unpaired) electrons. The van der Waals surface area contributed by atoms with Crippen LogP contribution in [0.2, 0.25) is 5.02 Å². The Morgan fingerprint density at radius 3 is 2.62 bits per heavy atom. The number of hydrogen-bond acceptors (Lipinski definition) is 4. The van der Waals surface area contributed by atoms with Gasteiger partial charge in [-0.1, -0.05) is 37.6 Å². The first-order chi connectivity index (χ1) is 11.0. The molecule has 0 aliphatic carbocycles. The van der Waals surface area contributed by atoms with Gasteiger partial charge in [-0.05, 0) is 19.2 Å². The maximum atomic E-state index is 12.5. The molecule has 0 aliphatic heterocycles. The molecule has 0 saturated heterocycles. The van der Waals surface area contributed by atoms with E-state index in [1.807, 2.05) is 39.1 Å². The normalized spacial score (nSPS) is 10.6. The molecule has 0 fully saturated rings. The van der Waals surface area contributed by atoms with E-state index >= 15 is 0 Å². The van der Waals surface area contributed by atoms with E-state index in [0.29, 0.717) is 23.9 Å². The molecule has 1 heterocycles. The Kier molecular flexibility index (Phi) is 7.66. The summed E-state index contributed by atoms with van der Waals surface area (Å²) >= 11 is 6.26. The number of benzene rings is 1. The van der Waals surface area contributed by atoms with Crippen LogP contribution in [0, 0.1) is 0 Å². The lowest BCUT2D eigenvalue weighted by atomic mass is 10.2. The van der Waals surface area contributed by atoms with Crippen LogP contribution >= 0.6 is 24.0 Å². The largest absolute Gasteiger partial charge is 0.338 e. The Bertz CT molecular complexity index is 687. The van der Waals surface area contributed by atoms with Crippen LogP contribution in [0.1, 0.15) is 36.2 Å². The summed E-state index contributed by atoms with van der Waals surface area (Å²) in [6, 6.07) is 7.40. The molecule has 0 aliphatic rings. The maximum Gasteiger partial charge on any atom is 0.293 e. The minimum Gasteiger partial charge on any atom is -0.338 e. The lowest BCUT2D eigenvalue weighted by Gasteiger charge is -2.14. The van der Waals surface area contributed by atoms with E-state index in [4.69, 9.17) is 11.6 Å². The average molecular weight is 372 g/mol.